The van der Waals surface area contributed by atoms with Crippen molar-refractivity contribution in [2.24, 2.45) is 12.8 Å². The van der Waals surface area contributed by atoms with Crippen molar-refractivity contribution in [2.75, 3.05) is 13.7 Å². The summed E-state index contributed by atoms with van der Waals surface area (Å²) in [5.41, 5.74) is 8.49. The van der Waals surface area contributed by atoms with E-state index >= 15 is 0 Å². The van der Waals surface area contributed by atoms with Crippen LogP contribution in [0.5, 0.6) is 5.75 Å². The molecule has 0 bridgehead atoms. The predicted molar refractivity (Wildman–Crippen MR) is 73.0 cm³/mol. The minimum atomic E-state index is 0.579. The molecule has 96 valence electrons. The van der Waals surface area contributed by atoms with Gasteiger partial charge in [-0.2, -0.15) is 0 Å². The minimum Gasteiger partial charge on any atom is -0.496 e. The van der Waals surface area contributed by atoms with Crippen LogP contribution < -0.4 is 10.5 Å². The topological polar surface area (TPSA) is 53.1 Å². The fraction of sp³-hybridized carbons (Fsp3) is 0.308. The summed E-state index contributed by atoms with van der Waals surface area (Å²) in [6.07, 6.45) is 2.54. The van der Waals surface area contributed by atoms with Crippen molar-refractivity contribution in [3.63, 3.8) is 0 Å². The Morgan fingerprint density at radius 3 is 2.89 bits per heavy atom. The molecule has 18 heavy (non-hydrogen) atoms. The molecule has 1 aromatic heterocycles. The Balaban J connectivity index is 2.57. The first-order valence-electron chi connectivity index (χ1n) is 5.71. The van der Waals surface area contributed by atoms with E-state index in [2.05, 4.69) is 4.98 Å². The van der Waals surface area contributed by atoms with Crippen molar-refractivity contribution < 1.29 is 4.74 Å². The fourth-order valence-electron chi connectivity index (χ4n) is 1.98. The van der Waals surface area contributed by atoms with Crippen molar-refractivity contribution in [1.29, 1.82) is 0 Å². The lowest BCUT2D eigenvalue weighted by atomic mass is 10.1. The van der Waals surface area contributed by atoms with E-state index in [0.29, 0.717) is 11.6 Å². The second-order valence-corrected chi connectivity index (χ2v) is 4.47. The molecular formula is C13H16ClN3O. The minimum absolute atomic E-state index is 0.579. The number of benzene rings is 1. The van der Waals surface area contributed by atoms with Crippen LogP contribution in [0.3, 0.4) is 0 Å². The van der Waals surface area contributed by atoms with E-state index in [1.807, 2.05) is 23.7 Å². The number of nitrogens with two attached hydrogens (primary N) is 1. The van der Waals surface area contributed by atoms with Crippen molar-refractivity contribution in [1.82, 2.24) is 9.55 Å². The molecule has 0 radical (unpaired) electrons. The molecule has 0 amide bonds. The standard InChI is InChI=1S/C13H16ClN3O/c1-17-8-16-13(11(17)5-6-15)10-7-9(14)3-4-12(10)18-2/h3-4,7-8H,5-6,15H2,1-2H3. The first kappa shape index (κ1) is 12.9. The number of nitrogens with zero attached hydrogens (tertiary/aromatic N) is 2. The highest BCUT2D eigenvalue weighted by atomic mass is 35.5. The number of imidazole rings is 1. The maximum atomic E-state index is 6.05. The van der Waals surface area contributed by atoms with Crippen LogP contribution >= 0.6 is 11.6 Å². The van der Waals surface area contributed by atoms with Gasteiger partial charge in [0.15, 0.2) is 0 Å². The summed E-state index contributed by atoms with van der Waals surface area (Å²) in [7, 11) is 3.59. The molecular weight excluding hydrogens is 250 g/mol. The summed E-state index contributed by atoms with van der Waals surface area (Å²) in [5, 5.41) is 0.662. The highest BCUT2D eigenvalue weighted by Crippen LogP contribution is 2.33. The predicted octanol–water partition coefficient (Wildman–Crippen LogP) is 2.25. The Kier molecular flexibility index (Phi) is 3.89. The fourth-order valence-corrected chi connectivity index (χ4v) is 2.15. The Bertz CT molecular complexity index is 551. The average molecular weight is 266 g/mol. The molecule has 2 rings (SSSR count). The van der Waals surface area contributed by atoms with Crippen molar-refractivity contribution >= 4 is 11.6 Å². The normalized spacial score (nSPS) is 10.7. The third-order valence-electron chi connectivity index (χ3n) is 2.86. The van der Waals surface area contributed by atoms with Gasteiger partial charge in [0.25, 0.3) is 0 Å². The zero-order valence-corrected chi connectivity index (χ0v) is 11.2. The lowest BCUT2D eigenvalue weighted by Crippen LogP contribution is -2.07. The Hall–Kier alpha value is -1.52. The molecule has 0 atom stereocenters. The summed E-state index contributed by atoms with van der Waals surface area (Å²) in [6.45, 7) is 0.579. The van der Waals surface area contributed by atoms with Crippen LogP contribution in [0.15, 0.2) is 24.5 Å². The van der Waals surface area contributed by atoms with Gasteiger partial charge >= 0.3 is 0 Å². The van der Waals surface area contributed by atoms with E-state index in [4.69, 9.17) is 22.1 Å². The first-order valence-corrected chi connectivity index (χ1v) is 6.09. The van der Waals surface area contributed by atoms with E-state index in [0.717, 1.165) is 29.1 Å². The van der Waals surface area contributed by atoms with E-state index in [-0.39, 0.29) is 0 Å². The molecule has 0 aliphatic carbocycles. The van der Waals surface area contributed by atoms with Crippen LogP contribution in [0.25, 0.3) is 11.3 Å². The Morgan fingerprint density at radius 2 is 2.22 bits per heavy atom. The van der Waals surface area contributed by atoms with Gasteiger partial charge < -0.3 is 15.0 Å². The molecule has 5 heteroatoms. The van der Waals surface area contributed by atoms with Gasteiger partial charge in [0.1, 0.15) is 5.75 Å². The van der Waals surface area contributed by atoms with Gasteiger partial charge in [-0.15, -0.1) is 0 Å². The smallest absolute Gasteiger partial charge is 0.128 e. The van der Waals surface area contributed by atoms with Gasteiger partial charge in [-0.1, -0.05) is 11.6 Å². The molecule has 2 aromatic rings. The largest absolute Gasteiger partial charge is 0.496 e. The third-order valence-corrected chi connectivity index (χ3v) is 3.09. The van der Waals surface area contributed by atoms with Crippen LogP contribution in [0.1, 0.15) is 5.69 Å². The molecule has 2 N–H and O–H groups in total. The first-order chi connectivity index (χ1) is 8.67. The molecule has 1 heterocycles. The van der Waals surface area contributed by atoms with E-state index in [1.165, 1.54) is 0 Å². The quantitative estimate of drug-likeness (QED) is 0.923. The molecule has 0 saturated heterocycles. The van der Waals surface area contributed by atoms with Crippen molar-refractivity contribution in [3.05, 3.63) is 35.2 Å². The van der Waals surface area contributed by atoms with Gasteiger partial charge in [-0.05, 0) is 24.7 Å². The summed E-state index contributed by atoms with van der Waals surface area (Å²) >= 11 is 6.05. The molecule has 0 spiro atoms. The molecule has 0 aliphatic rings. The zero-order valence-electron chi connectivity index (χ0n) is 10.5. The monoisotopic (exact) mass is 265 g/mol. The average Bonchev–Trinajstić information content (AvgIpc) is 2.72. The molecule has 1 aromatic carbocycles. The molecule has 4 nitrogen and oxygen atoms in total. The lowest BCUT2D eigenvalue weighted by molar-refractivity contribution is 0.416. The summed E-state index contributed by atoms with van der Waals surface area (Å²) < 4.78 is 7.33. The number of aromatic nitrogens is 2. The summed E-state index contributed by atoms with van der Waals surface area (Å²) in [4.78, 5) is 4.42. The van der Waals surface area contributed by atoms with Crippen molar-refractivity contribution in [2.45, 2.75) is 6.42 Å². The van der Waals surface area contributed by atoms with E-state index in [9.17, 15) is 0 Å². The molecule has 0 unspecified atom stereocenters. The van der Waals surface area contributed by atoms with E-state index < -0.39 is 0 Å². The SMILES string of the molecule is COc1ccc(Cl)cc1-c1ncn(C)c1CCN. The Morgan fingerprint density at radius 1 is 1.44 bits per heavy atom. The van der Waals surface area contributed by atoms with Crippen LogP contribution in [-0.4, -0.2) is 23.2 Å². The lowest BCUT2D eigenvalue weighted by Gasteiger charge is -2.09. The second-order valence-electron chi connectivity index (χ2n) is 4.03. The summed E-state index contributed by atoms with van der Waals surface area (Å²) in [5.74, 6) is 0.761. The van der Waals surface area contributed by atoms with Crippen LogP contribution in [0, 0.1) is 0 Å². The Labute approximate surface area is 111 Å². The van der Waals surface area contributed by atoms with Crippen LogP contribution in [0.2, 0.25) is 5.02 Å². The maximum absolute atomic E-state index is 6.05. The molecule has 0 saturated carbocycles. The van der Waals surface area contributed by atoms with Gasteiger partial charge in [0.2, 0.25) is 0 Å². The molecule has 0 fully saturated rings. The van der Waals surface area contributed by atoms with E-state index in [1.54, 1.807) is 19.5 Å². The number of halogens is 1. The van der Waals surface area contributed by atoms with Gasteiger partial charge in [-0.3, -0.25) is 0 Å². The number of rotatable bonds is 4. The molecule has 0 aliphatic heterocycles. The van der Waals surface area contributed by atoms with Gasteiger partial charge in [0, 0.05) is 29.7 Å². The number of methoxy groups -OCH3 is 1. The van der Waals surface area contributed by atoms with Crippen LogP contribution in [-0.2, 0) is 13.5 Å². The highest BCUT2D eigenvalue weighted by Gasteiger charge is 2.15. The second kappa shape index (κ2) is 5.42. The van der Waals surface area contributed by atoms with Crippen molar-refractivity contribution in [3.8, 4) is 17.0 Å². The summed E-state index contributed by atoms with van der Waals surface area (Å²) in [6, 6.07) is 5.51. The number of hydrogen-bond acceptors (Lipinski definition) is 3. The van der Waals surface area contributed by atoms with Gasteiger partial charge in [0.05, 0.1) is 19.1 Å². The number of ether oxygens (including phenoxy) is 1. The number of hydrogen-bond donors (Lipinski definition) is 1. The number of aryl methyl sites for hydroxylation is 1. The van der Waals surface area contributed by atoms with Crippen LogP contribution in [0.4, 0.5) is 0 Å². The third kappa shape index (κ3) is 2.35. The highest BCUT2D eigenvalue weighted by molar-refractivity contribution is 6.31. The zero-order chi connectivity index (χ0) is 13.1. The van der Waals surface area contributed by atoms with Gasteiger partial charge in [-0.25, -0.2) is 4.98 Å². The maximum Gasteiger partial charge on any atom is 0.128 e.